The average Bonchev–Trinajstić information content (AvgIpc) is 3.39. The van der Waals surface area contributed by atoms with E-state index in [-0.39, 0.29) is 36.9 Å². The van der Waals surface area contributed by atoms with Gasteiger partial charge in [-0.05, 0) is 52.0 Å². The summed E-state index contributed by atoms with van der Waals surface area (Å²) >= 11 is 0. The van der Waals surface area contributed by atoms with Gasteiger partial charge in [0, 0.05) is 18.4 Å². The molecule has 1 aliphatic carbocycles. The van der Waals surface area contributed by atoms with Gasteiger partial charge >= 0.3 is 0 Å². The topological polar surface area (TPSA) is 120 Å². The Morgan fingerprint density at radius 1 is 1.43 bits per heavy atom. The Hall–Kier alpha value is -2.70. The molecule has 160 valence electrons. The number of rotatable bonds is 6. The molecule has 3 heterocycles. The number of hydrogen-bond donors (Lipinski definition) is 2. The van der Waals surface area contributed by atoms with E-state index in [1.807, 2.05) is 20.8 Å². The van der Waals surface area contributed by atoms with Gasteiger partial charge in [-0.2, -0.15) is 15.3 Å². The number of nitrogens with zero attached hydrogens (tertiary/aromatic N) is 6. The highest BCUT2D eigenvalue weighted by molar-refractivity contribution is 6.02. The van der Waals surface area contributed by atoms with Gasteiger partial charge in [0.15, 0.2) is 0 Å². The van der Waals surface area contributed by atoms with Crippen LogP contribution in [0.15, 0.2) is 24.7 Å². The van der Waals surface area contributed by atoms with Crippen LogP contribution in [0.3, 0.4) is 0 Å². The zero-order chi connectivity index (χ0) is 20.8. The Morgan fingerprint density at radius 3 is 2.80 bits per heavy atom. The van der Waals surface area contributed by atoms with E-state index in [1.165, 1.54) is 0 Å². The number of aliphatic hydroxyl groups excluding tert-OH is 1. The summed E-state index contributed by atoms with van der Waals surface area (Å²) in [6, 6.07) is 3.91. The van der Waals surface area contributed by atoms with E-state index in [0.717, 1.165) is 12.8 Å². The van der Waals surface area contributed by atoms with E-state index < -0.39 is 11.0 Å². The first-order chi connectivity index (χ1) is 13.8. The molecule has 2 fully saturated rings. The minimum Gasteiger partial charge on any atom is -0.394 e. The highest BCUT2D eigenvalue weighted by Gasteiger charge is 2.59. The lowest BCUT2D eigenvalue weighted by Crippen LogP contribution is -2.37. The molecule has 9 nitrogen and oxygen atoms in total. The van der Waals surface area contributed by atoms with E-state index in [2.05, 4.69) is 26.5 Å². The molecule has 1 saturated heterocycles. The molecule has 0 aromatic carbocycles. The Kier molecular flexibility index (Phi) is 5.76. The van der Waals surface area contributed by atoms with Crippen molar-refractivity contribution in [2.24, 2.45) is 11.3 Å². The Morgan fingerprint density at radius 2 is 2.17 bits per heavy atom. The van der Waals surface area contributed by atoms with Crippen LogP contribution < -0.4 is 10.2 Å². The summed E-state index contributed by atoms with van der Waals surface area (Å²) in [4.78, 5) is 23.5. The SMILES string of the molecule is C[C@H]1C[C@@](C#N)(C2CC2)C(=O)N1c1ccnc(Nc2cnn(C(C)(C)CO)c2)n1.Cl. The van der Waals surface area contributed by atoms with Crippen molar-refractivity contribution in [3.63, 3.8) is 0 Å². The van der Waals surface area contributed by atoms with Gasteiger partial charge in [0.1, 0.15) is 11.2 Å². The average molecular weight is 432 g/mol. The predicted octanol–water partition coefficient (Wildman–Crippen LogP) is 2.61. The van der Waals surface area contributed by atoms with Crippen molar-refractivity contribution in [3.8, 4) is 6.07 Å². The second kappa shape index (κ2) is 7.85. The van der Waals surface area contributed by atoms with Crippen LogP contribution in [0.5, 0.6) is 0 Å². The minimum atomic E-state index is -0.922. The maximum atomic E-state index is 13.2. The molecule has 2 aromatic rings. The van der Waals surface area contributed by atoms with E-state index in [9.17, 15) is 15.2 Å². The Labute approximate surface area is 181 Å². The van der Waals surface area contributed by atoms with Gasteiger partial charge in [0.2, 0.25) is 11.9 Å². The van der Waals surface area contributed by atoms with Crippen LogP contribution in [0, 0.1) is 22.7 Å². The van der Waals surface area contributed by atoms with Gasteiger partial charge in [-0.25, -0.2) is 4.98 Å². The number of hydrogen-bond acceptors (Lipinski definition) is 7. The summed E-state index contributed by atoms with van der Waals surface area (Å²) in [7, 11) is 0. The highest BCUT2D eigenvalue weighted by atomic mass is 35.5. The van der Waals surface area contributed by atoms with E-state index >= 15 is 0 Å². The standard InChI is InChI=1S/C20H25N7O2.ClH/c1-13-8-20(11-21,14-4-5-14)17(29)27(13)16-6-7-22-18(25-16)24-15-9-23-26(10-15)19(2,3)12-28;/h6-7,9-10,13-14,28H,4-5,8,12H2,1-3H3,(H,22,24,25);1H/t13-,20+;/m0./s1. The number of carbonyl (C=O) groups is 1. The summed E-state index contributed by atoms with van der Waals surface area (Å²) in [5.41, 5.74) is -0.771. The molecule has 0 spiro atoms. The van der Waals surface area contributed by atoms with E-state index in [1.54, 1.807) is 34.2 Å². The summed E-state index contributed by atoms with van der Waals surface area (Å²) in [5, 5.41) is 26.6. The predicted molar refractivity (Wildman–Crippen MR) is 114 cm³/mol. The molecule has 30 heavy (non-hydrogen) atoms. The van der Waals surface area contributed by atoms with Crippen LogP contribution in [0.2, 0.25) is 0 Å². The number of aliphatic hydroxyl groups is 1. The van der Waals surface area contributed by atoms with E-state index in [4.69, 9.17) is 0 Å². The smallest absolute Gasteiger partial charge is 0.249 e. The Balaban J connectivity index is 0.00000256. The lowest BCUT2D eigenvalue weighted by Gasteiger charge is -2.22. The second-order valence-corrected chi connectivity index (χ2v) is 8.59. The largest absolute Gasteiger partial charge is 0.394 e. The van der Waals surface area contributed by atoms with Crippen molar-refractivity contribution in [2.75, 3.05) is 16.8 Å². The van der Waals surface area contributed by atoms with Crippen LogP contribution in [0.4, 0.5) is 17.5 Å². The van der Waals surface area contributed by atoms with Gasteiger partial charge in [0.05, 0.1) is 30.1 Å². The molecule has 0 unspecified atom stereocenters. The third-order valence-corrected chi connectivity index (χ3v) is 5.87. The van der Waals surface area contributed by atoms with Crippen molar-refractivity contribution in [2.45, 2.75) is 51.6 Å². The molecule has 1 saturated carbocycles. The van der Waals surface area contributed by atoms with Gasteiger partial charge in [0.25, 0.3) is 0 Å². The summed E-state index contributed by atoms with van der Waals surface area (Å²) in [6.07, 6.45) is 7.39. The van der Waals surface area contributed by atoms with Crippen molar-refractivity contribution in [3.05, 3.63) is 24.7 Å². The first-order valence-electron chi connectivity index (χ1n) is 9.82. The molecule has 2 atom stereocenters. The number of nitrogens with one attached hydrogen (secondary N) is 1. The number of amides is 1. The van der Waals surface area contributed by atoms with Crippen LogP contribution in [-0.2, 0) is 10.3 Å². The lowest BCUT2D eigenvalue weighted by molar-refractivity contribution is -0.123. The zero-order valence-corrected chi connectivity index (χ0v) is 18.1. The molecule has 0 bridgehead atoms. The first kappa shape index (κ1) is 22.0. The van der Waals surface area contributed by atoms with Crippen LogP contribution in [-0.4, -0.2) is 43.4 Å². The van der Waals surface area contributed by atoms with Crippen molar-refractivity contribution < 1.29 is 9.90 Å². The molecule has 0 radical (unpaired) electrons. The number of carbonyl (C=O) groups excluding carboxylic acids is 1. The molecule has 2 aliphatic rings. The first-order valence-corrected chi connectivity index (χ1v) is 9.82. The minimum absolute atomic E-state index is 0. The van der Waals surface area contributed by atoms with E-state index in [0.29, 0.717) is 23.9 Å². The van der Waals surface area contributed by atoms with Gasteiger partial charge in [-0.15, -0.1) is 12.4 Å². The third-order valence-electron chi connectivity index (χ3n) is 5.87. The fourth-order valence-electron chi connectivity index (χ4n) is 3.96. The fraction of sp³-hybridized carbons (Fsp3) is 0.550. The van der Waals surface area contributed by atoms with Gasteiger partial charge in [-0.1, -0.05) is 0 Å². The lowest BCUT2D eigenvalue weighted by atomic mass is 9.81. The van der Waals surface area contributed by atoms with Crippen molar-refractivity contribution in [1.29, 1.82) is 5.26 Å². The quantitative estimate of drug-likeness (QED) is 0.721. The van der Waals surface area contributed by atoms with Gasteiger partial charge < -0.3 is 10.4 Å². The van der Waals surface area contributed by atoms with Crippen LogP contribution >= 0.6 is 12.4 Å². The number of halogens is 1. The molecular weight excluding hydrogens is 406 g/mol. The number of nitriles is 1. The normalized spacial score (nSPS) is 23.8. The Bertz CT molecular complexity index is 982. The van der Waals surface area contributed by atoms with Crippen molar-refractivity contribution >= 4 is 35.8 Å². The molecule has 4 rings (SSSR count). The highest BCUT2D eigenvalue weighted by Crippen LogP contribution is 2.53. The summed E-state index contributed by atoms with van der Waals surface area (Å²) in [5.74, 6) is 0.829. The molecule has 1 amide bonds. The van der Waals surface area contributed by atoms with Gasteiger partial charge in [-0.3, -0.25) is 14.4 Å². The number of anilines is 3. The fourth-order valence-corrected chi connectivity index (χ4v) is 3.96. The molecule has 2 N–H and O–H groups in total. The van der Waals surface area contributed by atoms with Crippen molar-refractivity contribution in [1.82, 2.24) is 19.7 Å². The molecular formula is C20H26ClN7O2. The maximum Gasteiger partial charge on any atom is 0.249 e. The summed E-state index contributed by atoms with van der Waals surface area (Å²) in [6.45, 7) is 5.66. The second-order valence-electron chi connectivity index (χ2n) is 8.59. The van der Waals surface area contributed by atoms with Crippen LogP contribution in [0.25, 0.3) is 0 Å². The molecule has 1 aliphatic heterocycles. The number of aromatic nitrogens is 4. The molecule has 2 aromatic heterocycles. The third kappa shape index (κ3) is 3.61. The summed E-state index contributed by atoms with van der Waals surface area (Å²) < 4.78 is 1.67. The van der Waals surface area contributed by atoms with Crippen LogP contribution in [0.1, 0.15) is 40.0 Å². The monoisotopic (exact) mass is 431 g/mol. The zero-order valence-electron chi connectivity index (χ0n) is 17.2. The maximum absolute atomic E-state index is 13.2. The molecule has 10 heteroatoms.